The maximum atomic E-state index is 13.4. The van der Waals surface area contributed by atoms with Crippen molar-refractivity contribution in [2.45, 2.75) is 20.8 Å². The summed E-state index contributed by atoms with van der Waals surface area (Å²) in [6.45, 7) is 5.48. The zero-order chi connectivity index (χ0) is 25.4. The van der Waals surface area contributed by atoms with Gasteiger partial charge in [0.1, 0.15) is 11.3 Å². The Labute approximate surface area is 207 Å². The Morgan fingerprint density at radius 2 is 1.77 bits per heavy atom. The molecule has 0 unspecified atom stereocenters. The molecule has 0 saturated carbocycles. The number of aromatic carboxylic acids is 1. The van der Waals surface area contributed by atoms with E-state index in [0.29, 0.717) is 28.3 Å². The van der Waals surface area contributed by atoms with E-state index in [1.54, 1.807) is 50.4 Å². The van der Waals surface area contributed by atoms with Gasteiger partial charge >= 0.3 is 5.97 Å². The van der Waals surface area contributed by atoms with Gasteiger partial charge < -0.3 is 14.4 Å². The van der Waals surface area contributed by atoms with Crippen LogP contribution in [0.5, 0.6) is 5.75 Å². The molecule has 0 radical (unpaired) electrons. The zero-order valence-corrected chi connectivity index (χ0v) is 20.4. The molecule has 0 aliphatic carbocycles. The lowest BCUT2D eigenvalue weighted by molar-refractivity contribution is -0.122. The van der Waals surface area contributed by atoms with Crippen molar-refractivity contribution in [3.8, 4) is 11.4 Å². The molecule has 4 rings (SSSR count). The molecule has 1 fully saturated rings. The van der Waals surface area contributed by atoms with E-state index < -0.39 is 17.8 Å². The number of carboxylic acid groups (broad SMARTS) is 1. The maximum absolute atomic E-state index is 13.4. The van der Waals surface area contributed by atoms with Gasteiger partial charge in [0, 0.05) is 17.1 Å². The number of aromatic nitrogens is 1. The quantitative estimate of drug-likeness (QED) is 0.320. The van der Waals surface area contributed by atoms with Crippen LogP contribution in [0.4, 0.5) is 5.69 Å². The molecule has 0 bridgehead atoms. The largest absolute Gasteiger partial charge is 0.497 e. The van der Waals surface area contributed by atoms with Gasteiger partial charge in [0.25, 0.3) is 11.8 Å². The molecule has 1 saturated heterocycles. The van der Waals surface area contributed by atoms with Gasteiger partial charge in [0.15, 0.2) is 5.11 Å². The van der Waals surface area contributed by atoms with Crippen LogP contribution in [-0.4, -0.2) is 39.7 Å². The van der Waals surface area contributed by atoms with Crippen LogP contribution in [0.25, 0.3) is 11.8 Å². The number of thiocarbonyl (C=S) groups is 1. The van der Waals surface area contributed by atoms with Crippen molar-refractivity contribution in [1.82, 2.24) is 9.88 Å². The van der Waals surface area contributed by atoms with E-state index in [2.05, 4.69) is 5.32 Å². The summed E-state index contributed by atoms with van der Waals surface area (Å²) in [5.74, 6) is -1.51. The molecule has 8 nitrogen and oxygen atoms in total. The lowest BCUT2D eigenvalue weighted by Gasteiger charge is -2.29. The fourth-order valence-electron chi connectivity index (χ4n) is 4.18. The lowest BCUT2D eigenvalue weighted by Crippen LogP contribution is -2.54. The summed E-state index contributed by atoms with van der Waals surface area (Å²) in [4.78, 5) is 39.0. The summed E-state index contributed by atoms with van der Waals surface area (Å²) >= 11 is 5.27. The molecule has 1 aliphatic rings. The predicted molar refractivity (Wildman–Crippen MR) is 136 cm³/mol. The third-order valence-corrected chi connectivity index (χ3v) is 6.26. The Morgan fingerprint density at radius 1 is 1.09 bits per heavy atom. The summed E-state index contributed by atoms with van der Waals surface area (Å²) in [6, 6.07) is 13.7. The van der Waals surface area contributed by atoms with E-state index in [1.165, 1.54) is 11.0 Å². The van der Waals surface area contributed by atoms with Gasteiger partial charge in [-0.15, -0.1) is 0 Å². The molecule has 0 atom stereocenters. The highest BCUT2D eigenvalue weighted by Gasteiger charge is 2.34. The fraction of sp³-hybridized carbons (Fsp3) is 0.154. The van der Waals surface area contributed by atoms with Crippen LogP contribution in [-0.2, 0) is 9.59 Å². The number of nitrogens with one attached hydrogen (secondary N) is 1. The van der Waals surface area contributed by atoms with Crippen LogP contribution in [0, 0.1) is 20.8 Å². The first-order valence-corrected chi connectivity index (χ1v) is 11.1. The molecule has 2 heterocycles. The molecule has 2 N–H and O–H groups in total. The molecular formula is C26H23N3O5S. The molecular weight excluding hydrogens is 466 g/mol. The average molecular weight is 490 g/mol. The Morgan fingerprint density at radius 3 is 2.40 bits per heavy atom. The maximum Gasteiger partial charge on any atom is 0.336 e. The van der Waals surface area contributed by atoms with E-state index in [-0.39, 0.29) is 16.2 Å². The summed E-state index contributed by atoms with van der Waals surface area (Å²) in [5, 5.41) is 12.1. The predicted octanol–water partition coefficient (Wildman–Crippen LogP) is 3.94. The first-order chi connectivity index (χ1) is 16.6. The van der Waals surface area contributed by atoms with Crippen LogP contribution in [0.2, 0.25) is 0 Å². The Balaban J connectivity index is 1.77. The van der Waals surface area contributed by atoms with Gasteiger partial charge in [0.2, 0.25) is 0 Å². The highest BCUT2D eigenvalue weighted by Crippen LogP contribution is 2.28. The van der Waals surface area contributed by atoms with Crippen LogP contribution in [0.1, 0.15) is 32.9 Å². The van der Waals surface area contributed by atoms with E-state index >= 15 is 0 Å². The Hall–Kier alpha value is -4.24. The first-order valence-electron chi connectivity index (χ1n) is 10.7. The number of hydrogen-bond acceptors (Lipinski definition) is 5. The fourth-order valence-corrected chi connectivity index (χ4v) is 4.46. The first kappa shape index (κ1) is 23.9. The Bertz CT molecular complexity index is 1420. The van der Waals surface area contributed by atoms with Crippen molar-refractivity contribution < 1.29 is 24.2 Å². The average Bonchev–Trinajstić information content (AvgIpc) is 3.09. The number of benzene rings is 2. The number of carboxylic acids is 1. The number of hydrogen-bond donors (Lipinski definition) is 2. The molecule has 35 heavy (non-hydrogen) atoms. The second kappa shape index (κ2) is 9.19. The van der Waals surface area contributed by atoms with Gasteiger partial charge in [-0.1, -0.05) is 6.07 Å². The molecule has 3 aromatic rings. The zero-order valence-electron chi connectivity index (χ0n) is 19.6. The van der Waals surface area contributed by atoms with Gasteiger partial charge in [-0.05, 0) is 92.7 Å². The highest BCUT2D eigenvalue weighted by molar-refractivity contribution is 7.80. The molecule has 2 amide bonds. The number of amides is 2. The minimum Gasteiger partial charge on any atom is -0.497 e. The SMILES string of the molecule is COc1ccc(N2C(=O)C(=Cc3cc(C)n(-c4cccc(C(=O)O)c4C)c3C)C(=O)NC2=S)cc1. The van der Waals surface area contributed by atoms with Crippen LogP contribution >= 0.6 is 12.2 Å². The summed E-state index contributed by atoms with van der Waals surface area (Å²) in [5.41, 5.74) is 4.21. The Kier molecular flexibility index (Phi) is 6.27. The third-order valence-electron chi connectivity index (χ3n) is 5.98. The number of rotatable bonds is 5. The normalized spacial score (nSPS) is 14.9. The smallest absolute Gasteiger partial charge is 0.336 e. The third kappa shape index (κ3) is 4.22. The van der Waals surface area contributed by atoms with Gasteiger partial charge in [-0.3, -0.25) is 19.8 Å². The van der Waals surface area contributed by atoms with E-state index in [0.717, 1.165) is 11.4 Å². The number of nitrogens with zero attached hydrogens (tertiary/aromatic N) is 2. The highest BCUT2D eigenvalue weighted by atomic mass is 32.1. The number of carbonyl (C=O) groups is 3. The minimum atomic E-state index is -1.01. The molecule has 2 aromatic carbocycles. The van der Waals surface area contributed by atoms with Gasteiger partial charge in [-0.2, -0.15) is 0 Å². The van der Waals surface area contributed by atoms with Crippen LogP contribution < -0.4 is 15.0 Å². The standard InChI is InChI=1S/C26H23N3O5S/c1-14-12-17(16(3)28(14)22-7-5-6-20(15(22)2)25(32)33)13-21-23(30)27-26(35)29(24(21)31)18-8-10-19(34-4)11-9-18/h5-13H,1-4H3,(H,32,33)(H,27,30,35). The van der Waals surface area contributed by atoms with Crippen LogP contribution in [0.3, 0.4) is 0 Å². The van der Waals surface area contributed by atoms with Crippen molar-refractivity contribution in [2.75, 3.05) is 12.0 Å². The number of anilines is 1. The lowest BCUT2D eigenvalue weighted by atomic mass is 10.1. The minimum absolute atomic E-state index is 0.00565. The number of aryl methyl sites for hydroxylation is 1. The van der Waals surface area contributed by atoms with E-state index in [1.807, 2.05) is 30.5 Å². The van der Waals surface area contributed by atoms with Crippen molar-refractivity contribution in [2.24, 2.45) is 0 Å². The molecule has 0 spiro atoms. The number of carbonyl (C=O) groups excluding carboxylic acids is 2. The molecule has 178 valence electrons. The van der Waals surface area contributed by atoms with E-state index in [4.69, 9.17) is 17.0 Å². The second-order valence-corrected chi connectivity index (χ2v) is 8.46. The van der Waals surface area contributed by atoms with Crippen molar-refractivity contribution >= 4 is 46.9 Å². The van der Waals surface area contributed by atoms with Crippen molar-refractivity contribution in [3.05, 3.63) is 82.2 Å². The molecule has 1 aromatic heterocycles. The van der Waals surface area contributed by atoms with Gasteiger partial charge in [0.05, 0.1) is 18.4 Å². The summed E-state index contributed by atoms with van der Waals surface area (Å²) in [6.07, 6.45) is 1.53. The monoisotopic (exact) mass is 489 g/mol. The van der Waals surface area contributed by atoms with Crippen molar-refractivity contribution in [1.29, 1.82) is 0 Å². The number of methoxy groups -OCH3 is 1. The summed E-state index contributed by atoms with van der Waals surface area (Å²) < 4.78 is 7.08. The summed E-state index contributed by atoms with van der Waals surface area (Å²) in [7, 11) is 1.54. The number of ether oxygens (including phenoxy) is 1. The van der Waals surface area contributed by atoms with Crippen LogP contribution in [0.15, 0.2) is 54.1 Å². The molecule has 1 aliphatic heterocycles. The van der Waals surface area contributed by atoms with E-state index in [9.17, 15) is 19.5 Å². The van der Waals surface area contributed by atoms with Crippen molar-refractivity contribution in [3.63, 3.8) is 0 Å². The van der Waals surface area contributed by atoms with Gasteiger partial charge in [-0.25, -0.2) is 4.79 Å². The second-order valence-electron chi connectivity index (χ2n) is 8.07. The topological polar surface area (TPSA) is 101 Å². The molecule has 9 heteroatoms.